The van der Waals surface area contributed by atoms with Crippen molar-refractivity contribution in [3.63, 3.8) is 0 Å². The minimum atomic E-state index is -0.109. The SMILES string of the molecule is COCc1ccc(C(=O)NC2CC(C)CCC2C(C)C)o1. The van der Waals surface area contributed by atoms with Crippen LogP contribution in [0.3, 0.4) is 0 Å². The molecule has 4 nitrogen and oxygen atoms in total. The zero-order valence-electron chi connectivity index (χ0n) is 13.5. The van der Waals surface area contributed by atoms with Crippen molar-refractivity contribution in [2.45, 2.75) is 52.7 Å². The molecule has 1 N–H and O–H groups in total. The Morgan fingerprint density at radius 2 is 2.19 bits per heavy atom. The summed E-state index contributed by atoms with van der Waals surface area (Å²) in [7, 11) is 1.61. The highest BCUT2D eigenvalue weighted by Gasteiger charge is 2.32. The van der Waals surface area contributed by atoms with Gasteiger partial charge in [0.1, 0.15) is 12.4 Å². The average molecular weight is 293 g/mol. The second-order valence-corrected chi connectivity index (χ2v) is 6.61. The van der Waals surface area contributed by atoms with Crippen LogP contribution >= 0.6 is 0 Å². The van der Waals surface area contributed by atoms with E-state index in [1.807, 2.05) is 0 Å². The second-order valence-electron chi connectivity index (χ2n) is 6.61. The molecule has 1 saturated carbocycles. The van der Waals surface area contributed by atoms with Gasteiger partial charge in [-0.2, -0.15) is 0 Å². The lowest BCUT2D eigenvalue weighted by Gasteiger charge is -2.37. The molecule has 1 aliphatic rings. The number of amides is 1. The van der Waals surface area contributed by atoms with E-state index in [2.05, 4.69) is 26.1 Å². The van der Waals surface area contributed by atoms with E-state index in [0.29, 0.717) is 35.9 Å². The molecule has 1 fully saturated rings. The number of methoxy groups -OCH3 is 1. The Bertz CT molecular complexity index is 466. The predicted octanol–water partition coefficient (Wildman–Crippen LogP) is 3.62. The molecule has 1 aliphatic carbocycles. The van der Waals surface area contributed by atoms with Gasteiger partial charge >= 0.3 is 0 Å². The smallest absolute Gasteiger partial charge is 0.287 e. The number of furan rings is 1. The topological polar surface area (TPSA) is 51.5 Å². The van der Waals surface area contributed by atoms with Crippen molar-refractivity contribution in [3.8, 4) is 0 Å². The molecule has 21 heavy (non-hydrogen) atoms. The molecule has 1 aromatic heterocycles. The first-order valence-electron chi connectivity index (χ1n) is 7.89. The Balaban J connectivity index is 2.01. The standard InChI is InChI=1S/C17H27NO3/c1-11(2)14-7-5-12(3)9-15(14)18-17(19)16-8-6-13(21-16)10-20-4/h6,8,11-12,14-15H,5,7,9-10H2,1-4H3,(H,18,19). The molecule has 118 valence electrons. The molecule has 3 unspecified atom stereocenters. The number of nitrogens with one attached hydrogen (secondary N) is 1. The van der Waals surface area contributed by atoms with Gasteiger partial charge in [-0.3, -0.25) is 4.79 Å². The van der Waals surface area contributed by atoms with E-state index in [0.717, 1.165) is 6.42 Å². The molecule has 1 amide bonds. The Hall–Kier alpha value is -1.29. The fraction of sp³-hybridized carbons (Fsp3) is 0.706. The summed E-state index contributed by atoms with van der Waals surface area (Å²) in [5, 5.41) is 3.18. The fourth-order valence-electron chi connectivity index (χ4n) is 3.33. The molecule has 0 spiro atoms. The highest BCUT2D eigenvalue weighted by atomic mass is 16.5. The van der Waals surface area contributed by atoms with Crippen molar-refractivity contribution in [1.29, 1.82) is 0 Å². The minimum Gasteiger partial charge on any atom is -0.453 e. The van der Waals surface area contributed by atoms with Gasteiger partial charge in [-0.25, -0.2) is 0 Å². The second kappa shape index (κ2) is 7.12. The summed E-state index contributed by atoms with van der Waals surface area (Å²) < 4.78 is 10.5. The maximum absolute atomic E-state index is 12.4. The molecular formula is C17H27NO3. The quantitative estimate of drug-likeness (QED) is 0.902. The van der Waals surface area contributed by atoms with Crippen LogP contribution in [-0.2, 0) is 11.3 Å². The third-order valence-electron chi connectivity index (χ3n) is 4.51. The summed E-state index contributed by atoms with van der Waals surface area (Å²) in [6.07, 6.45) is 3.50. The van der Waals surface area contributed by atoms with E-state index in [9.17, 15) is 4.79 Å². The Morgan fingerprint density at radius 1 is 1.43 bits per heavy atom. The highest BCUT2D eigenvalue weighted by Crippen LogP contribution is 2.33. The summed E-state index contributed by atoms with van der Waals surface area (Å²) in [6.45, 7) is 7.13. The third-order valence-corrected chi connectivity index (χ3v) is 4.51. The van der Waals surface area contributed by atoms with Crippen LogP contribution in [0.5, 0.6) is 0 Å². The Kier molecular flexibility index (Phi) is 5.45. The molecule has 0 aliphatic heterocycles. The van der Waals surface area contributed by atoms with E-state index >= 15 is 0 Å². The highest BCUT2D eigenvalue weighted by molar-refractivity contribution is 5.91. The van der Waals surface area contributed by atoms with Crippen LogP contribution in [0.25, 0.3) is 0 Å². The Morgan fingerprint density at radius 3 is 2.86 bits per heavy atom. The molecule has 3 atom stereocenters. The molecular weight excluding hydrogens is 266 g/mol. The largest absolute Gasteiger partial charge is 0.453 e. The molecule has 1 heterocycles. The minimum absolute atomic E-state index is 0.109. The molecule has 4 heteroatoms. The van der Waals surface area contributed by atoms with Crippen LogP contribution in [0.2, 0.25) is 0 Å². The van der Waals surface area contributed by atoms with Crippen LogP contribution in [0, 0.1) is 17.8 Å². The van der Waals surface area contributed by atoms with Gasteiger partial charge in [-0.1, -0.05) is 27.2 Å². The summed E-state index contributed by atoms with van der Waals surface area (Å²) in [5.74, 6) is 2.76. The van der Waals surface area contributed by atoms with Gasteiger partial charge in [0.2, 0.25) is 0 Å². The summed E-state index contributed by atoms with van der Waals surface area (Å²) >= 11 is 0. The number of carbonyl (C=O) groups is 1. The number of carbonyl (C=O) groups excluding carboxylic acids is 1. The van der Waals surface area contributed by atoms with Gasteiger partial charge in [-0.05, 0) is 42.7 Å². The van der Waals surface area contributed by atoms with Gasteiger partial charge in [0, 0.05) is 13.2 Å². The number of hydrogen-bond donors (Lipinski definition) is 1. The van der Waals surface area contributed by atoms with Gasteiger partial charge < -0.3 is 14.5 Å². The van der Waals surface area contributed by atoms with E-state index < -0.39 is 0 Å². The lowest BCUT2D eigenvalue weighted by Crippen LogP contribution is -2.45. The van der Waals surface area contributed by atoms with E-state index in [1.165, 1.54) is 12.8 Å². The molecule has 0 saturated heterocycles. The monoisotopic (exact) mass is 293 g/mol. The first-order valence-corrected chi connectivity index (χ1v) is 7.89. The van der Waals surface area contributed by atoms with Gasteiger partial charge in [-0.15, -0.1) is 0 Å². The molecule has 1 aromatic rings. The normalized spacial score (nSPS) is 26.0. The zero-order valence-corrected chi connectivity index (χ0v) is 13.5. The third kappa shape index (κ3) is 4.10. The summed E-state index contributed by atoms with van der Waals surface area (Å²) in [6, 6.07) is 3.76. The lowest BCUT2D eigenvalue weighted by atomic mass is 9.74. The molecule has 0 radical (unpaired) electrons. The van der Waals surface area contributed by atoms with Crippen molar-refractivity contribution < 1.29 is 13.9 Å². The zero-order chi connectivity index (χ0) is 15.4. The van der Waals surface area contributed by atoms with Gasteiger partial charge in [0.05, 0.1) is 0 Å². The average Bonchev–Trinajstić information content (AvgIpc) is 2.87. The summed E-state index contributed by atoms with van der Waals surface area (Å²) in [5.41, 5.74) is 0. The maximum Gasteiger partial charge on any atom is 0.287 e. The Labute approximate surface area is 127 Å². The van der Waals surface area contributed by atoms with E-state index in [-0.39, 0.29) is 11.9 Å². The number of hydrogen-bond acceptors (Lipinski definition) is 3. The van der Waals surface area contributed by atoms with E-state index in [1.54, 1.807) is 19.2 Å². The van der Waals surface area contributed by atoms with Crippen molar-refractivity contribution in [1.82, 2.24) is 5.32 Å². The number of rotatable bonds is 5. The fourth-order valence-corrected chi connectivity index (χ4v) is 3.33. The van der Waals surface area contributed by atoms with Crippen molar-refractivity contribution in [2.24, 2.45) is 17.8 Å². The lowest BCUT2D eigenvalue weighted by molar-refractivity contribution is 0.0832. The van der Waals surface area contributed by atoms with Crippen LogP contribution in [0.15, 0.2) is 16.5 Å². The first kappa shape index (κ1) is 16.1. The van der Waals surface area contributed by atoms with Crippen molar-refractivity contribution in [3.05, 3.63) is 23.7 Å². The van der Waals surface area contributed by atoms with Crippen LogP contribution in [0.4, 0.5) is 0 Å². The molecule has 2 rings (SSSR count). The van der Waals surface area contributed by atoms with Crippen molar-refractivity contribution in [2.75, 3.05) is 7.11 Å². The van der Waals surface area contributed by atoms with Gasteiger partial charge in [0.25, 0.3) is 5.91 Å². The van der Waals surface area contributed by atoms with Crippen LogP contribution in [-0.4, -0.2) is 19.1 Å². The van der Waals surface area contributed by atoms with E-state index in [4.69, 9.17) is 9.15 Å². The predicted molar refractivity (Wildman–Crippen MR) is 82.0 cm³/mol. The maximum atomic E-state index is 12.4. The van der Waals surface area contributed by atoms with Crippen LogP contribution in [0.1, 0.15) is 56.3 Å². The first-order chi connectivity index (χ1) is 10.0. The summed E-state index contributed by atoms with van der Waals surface area (Å²) in [4.78, 5) is 12.4. The van der Waals surface area contributed by atoms with Gasteiger partial charge in [0.15, 0.2) is 5.76 Å². The molecule has 0 bridgehead atoms. The van der Waals surface area contributed by atoms with Crippen LogP contribution < -0.4 is 5.32 Å². The van der Waals surface area contributed by atoms with Crippen molar-refractivity contribution >= 4 is 5.91 Å². The number of ether oxygens (including phenoxy) is 1. The molecule has 0 aromatic carbocycles.